The zero-order valence-corrected chi connectivity index (χ0v) is 15.1. The van der Waals surface area contributed by atoms with Crippen LogP contribution in [-0.4, -0.2) is 28.1 Å². The lowest BCUT2D eigenvalue weighted by molar-refractivity contribution is 0.101. The third-order valence-electron chi connectivity index (χ3n) is 3.44. The summed E-state index contributed by atoms with van der Waals surface area (Å²) in [5.41, 5.74) is 3.66. The molecule has 1 aromatic heterocycles. The van der Waals surface area contributed by atoms with Crippen LogP contribution in [0.15, 0.2) is 23.2 Å². The molecule has 23 heavy (non-hydrogen) atoms. The SMILES string of the molecule is CC(=O)c1c(C)nc(C)nc1SCCOc1cc(C)ccc1C. The molecule has 1 heterocycles. The van der Waals surface area contributed by atoms with Gasteiger partial charge in [0.15, 0.2) is 5.78 Å². The van der Waals surface area contributed by atoms with E-state index in [1.165, 1.54) is 17.3 Å². The molecule has 0 fully saturated rings. The number of ether oxygens (including phenoxy) is 1. The molecule has 0 N–H and O–H groups in total. The maximum Gasteiger partial charge on any atom is 0.164 e. The highest BCUT2D eigenvalue weighted by Gasteiger charge is 2.14. The Morgan fingerprint density at radius 1 is 1.17 bits per heavy atom. The highest BCUT2D eigenvalue weighted by atomic mass is 32.2. The molecule has 122 valence electrons. The van der Waals surface area contributed by atoms with Gasteiger partial charge in [-0.1, -0.05) is 12.1 Å². The summed E-state index contributed by atoms with van der Waals surface area (Å²) >= 11 is 1.54. The Labute approximate surface area is 141 Å². The number of ketones is 1. The molecule has 0 radical (unpaired) electrons. The first-order chi connectivity index (χ1) is 10.9. The van der Waals surface area contributed by atoms with E-state index in [9.17, 15) is 4.79 Å². The van der Waals surface area contributed by atoms with Gasteiger partial charge in [0.25, 0.3) is 0 Å². The fourth-order valence-corrected chi connectivity index (χ4v) is 3.34. The van der Waals surface area contributed by atoms with Gasteiger partial charge in [0.05, 0.1) is 17.9 Å². The van der Waals surface area contributed by atoms with Crippen molar-refractivity contribution in [3.05, 3.63) is 46.4 Å². The fourth-order valence-electron chi connectivity index (χ4n) is 2.34. The molecule has 0 spiro atoms. The van der Waals surface area contributed by atoms with Crippen molar-refractivity contribution in [2.75, 3.05) is 12.4 Å². The van der Waals surface area contributed by atoms with Gasteiger partial charge in [-0.25, -0.2) is 9.97 Å². The Hall–Kier alpha value is -1.88. The second-order valence-electron chi connectivity index (χ2n) is 5.56. The molecule has 2 rings (SSSR count). The van der Waals surface area contributed by atoms with E-state index in [-0.39, 0.29) is 5.78 Å². The summed E-state index contributed by atoms with van der Waals surface area (Å²) in [6.45, 7) is 9.89. The first-order valence-electron chi connectivity index (χ1n) is 7.57. The van der Waals surface area contributed by atoms with Gasteiger partial charge in [0.1, 0.15) is 16.6 Å². The molecular weight excluding hydrogens is 308 g/mol. The average molecular weight is 330 g/mol. The van der Waals surface area contributed by atoms with Gasteiger partial charge < -0.3 is 4.74 Å². The fraction of sp³-hybridized carbons (Fsp3) is 0.389. The molecule has 0 saturated carbocycles. The topological polar surface area (TPSA) is 52.1 Å². The van der Waals surface area contributed by atoms with Crippen LogP contribution in [0, 0.1) is 27.7 Å². The second kappa shape index (κ2) is 7.59. The Morgan fingerprint density at radius 2 is 1.91 bits per heavy atom. The average Bonchev–Trinajstić information content (AvgIpc) is 2.45. The molecule has 0 saturated heterocycles. The number of Topliss-reactive ketones (excluding diaryl/α,β-unsaturated/α-hetero) is 1. The van der Waals surface area contributed by atoms with Crippen molar-refractivity contribution in [2.45, 2.75) is 39.6 Å². The number of hydrogen-bond acceptors (Lipinski definition) is 5. The second-order valence-corrected chi connectivity index (χ2v) is 6.64. The van der Waals surface area contributed by atoms with Crippen LogP contribution in [0.3, 0.4) is 0 Å². The molecule has 0 atom stereocenters. The third-order valence-corrected chi connectivity index (χ3v) is 4.38. The molecule has 1 aromatic carbocycles. The summed E-state index contributed by atoms with van der Waals surface area (Å²) in [5.74, 6) is 2.32. The van der Waals surface area contributed by atoms with Gasteiger partial charge in [-0.15, -0.1) is 11.8 Å². The highest BCUT2D eigenvalue weighted by Crippen LogP contribution is 2.24. The number of aromatic nitrogens is 2. The Balaban J connectivity index is 2.02. The van der Waals surface area contributed by atoms with E-state index >= 15 is 0 Å². The van der Waals surface area contributed by atoms with Crippen molar-refractivity contribution in [1.29, 1.82) is 0 Å². The van der Waals surface area contributed by atoms with Crippen LogP contribution in [0.4, 0.5) is 0 Å². The maximum atomic E-state index is 11.8. The van der Waals surface area contributed by atoms with E-state index < -0.39 is 0 Å². The Kier molecular flexibility index (Phi) is 5.77. The summed E-state index contributed by atoms with van der Waals surface area (Å²) in [6, 6.07) is 6.17. The predicted octanol–water partition coefficient (Wildman–Crippen LogP) is 4.08. The lowest BCUT2D eigenvalue weighted by Crippen LogP contribution is -2.08. The summed E-state index contributed by atoms with van der Waals surface area (Å²) < 4.78 is 5.85. The van der Waals surface area contributed by atoms with E-state index in [0.717, 1.165) is 27.8 Å². The van der Waals surface area contributed by atoms with Crippen molar-refractivity contribution in [3.63, 3.8) is 0 Å². The van der Waals surface area contributed by atoms with Gasteiger partial charge >= 0.3 is 0 Å². The number of benzene rings is 1. The minimum absolute atomic E-state index is 0.000414. The summed E-state index contributed by atoms with van der Waals surface area (Å²) in [4.78, 5) is 20.5. The van der Waals surface area contributed by atoms with E-state index in [2.05, 4.69) is 22.1 Å². The molecule has 0 unspecified atom stereocenters. The zero-order chi connectivity index (χ0) is 17.0. The number of aryl methyl sites for hydroxylation is 4. The van der Waals surface area contributed by atoms with Crippen molar-refractivity contribution >= 4 is 17.5 Å². The molecule has 0 aliphatic rings. The standard InChI is InChI=1S/C18H22N2O2S/c1-11-6-7-12(2)16(10-11)22-8-9-23-18-17(14(4)21)13(3)19-15(5)20-18/h6-7,10H,8-9H2,1-5H3. The van der Waals surface area contributed by atoms with E-state index in [0.29, 0.717) is 18.0 Å². The number of thioether (sulfide) groups is 1. The maximum absolute atomic E-state index is 11.8. The zero-order valence-electron chi connectivity index (χ0n) is 14.3. The van der Waals surface area contributed by atoms with Crippen LogP contribution in [0.2, 0.25) is 0 Å². The lowest BCUT2D eigenvalue weighted by Gasteiger charge is -2.11. The number of carbonyl (C=O) groups is 1. The van der Waals surface area contributed by atoms with Gasteiger partial charge in [0, 0.05) is 5.75 Å². The normalized spacial score (nSPS) is 10.7. The predicted molar refractivity (Wildman–Crippen MR) is 93.6 cm³/mol. The molecule has 4 nitrogen and oxygen atoms in total. The largest absolute Gasteiger partial charge is 0.492 e. The summed E-state index contributed by atoms with van der Waals surface area (Å²) in [7, 11) is 0. The molecule has 0 bridgehead atoms. The van der Waals surface area contributed by atoms with Crippen LogP contribution in [0.1, 0.15) is 39.9 Å². The quantitative estimate of drug-likeness (QED) is 0.346. The van der Waals surface area contributed by atoms with Gasteiger partial charge in [-0.3, -0.25) is 4.79 Å². The van der Waals surface area contributed by atoms with Gasteiger partial charge in [-0.05, 0) is 51.8 Å². The van der Waals surface area contributed by atoms with Crippen LogP contribution >= 0.6 is 11.8 Å². The number of nitrogens with zero attached hydrogens (tertiary/aromatic N) is 2. The Morgan fingerprint density at radius 3 is 2.61 bits per heavy atom. The van der Waals surface area contributed by atoms with Crippen molar-refractivity contribution in [3.8, 4) is 5.75 Å². The first-order valence-corrected chi connectivity index (χ1v) is 8.56. The van der Waals surface area contributed by atoms with E-state index in [4.69, 9.17) is 4.74 Å². The van der Waals surface area contributed by atoms with Crippen LogP contribution < -0.4 is 4.74 Å². The molecule has 0 amide bonds. The first kappa shape index (κ1) is 17.5. The minimum Gasteiger partial charge on any atom is -0.492 e. The number of hydrogen-bond donors (Lipinski definition) is 0. The molecular formula is C18H22N2O2S. The molecule has 5 heteroatoms. The summed E-state index contributed by atoms with van der Waals surface area (Å²) in [6.07, 6.45) is 0. The molecule has 0 aliphatic heterocycles. The summed E-state index contributed by atoms with van der Waals surface area (Å²) in [5, 5.41) is 0.743. The third kappa shape index (κ3) is 4.55. The van der Waals surface area contributed by atoms with Crippen LogP contribution in [-0.2, 0) is 0 Å². The van der Waals surface area contributed by atoms with E-state index in [1.807, 2.05) is 33.8 Å². The molecule has 2 aromatic rings. The number of carbonyl (C=O) groups excluding carboxylic acids is 1. The smallest absolute Gasteiger partial charge is 0.164 e. The van der Waals surface area contributed by atoms with Crippen molar-refractivity contribution < 1.29 is 9.53 Å². The Bertz CT molecular complexity index is 729. The molecule has 0 aliphatic carbocycles. The van der Waals surface area contributed by atoms with Crippen molar-refractivity contribution in [2.24, 2.45) is 0 Å². The highest BCUT2D eigenvalue weighted by molar-refractivity contribution is 7.99. The van der Waals surface area contributed by atoms with Crippen molar-refractivity contribution in [1.82, 2.24) is 9.97 Å². The minimum atomic E-state index is 0.000414. The lowest BCUT2D eigenvalue weighted by atomic mass is 10.1. The van der Waals surface area contributed by atoms with Crippen LogP contribution in [0.5, 0.6) is 5.75 Å². The van der Waals surface area contributed by atoms with Gasteiger partial charge in [0.2, 0.25) is 0 Å². The van der Waals surface area contributed by atoms with Crippen LogP contribution in [0.25, 0.3) is 0 Å². The van der Waals surface area contributed by atoms with E-state index in [1.54, 1.807) is 6.92 Å². The monoisotopic (exact) mass is 330 g/mol. The van der Waals surface area contributed by atoms with Gasteiger partial charge in [-0.2, -0.15) is 0 Å². The number of rotatable bonds is 6.